The number of methoxy groups -OCH3 is 1. The Morgan fingerprint density at radius 3 is 2.78 bits per heavy atom. The van der Waals surface area contributed by atoms with E-state index in [9.17, 15) is 0 Å². The molecule has 0 spiro atoms. The third-order valence-corrected chi connectivity index (χ3v) is 4.33. The molecule has 0 aromatic heterocycles. The molecule has 0 saturated heterocycles. The molecule has 0 saturated carbocycles. The van der Waals surface area contributed by atoms with Gasteiger partial charge in [0.05, 0.1) is 11.6 Å². The van der Waals surface area contributed by atoms with Gasteiger partial charge in [-0.2, -0.15) is 0 Å². The van der Waals surface area contributed by atoms with Crippen molar-refractivity contribution in [2.24, 2.45) is 0 Å². The van der Waals surface area contributed by atoms with E-state index in [-0.39, 0.29) is 0 Å². The molecule has 3 heteroatoms. The lowest BCUT2D eigenvalue weighted by atomic mass is 9.94. The highest BCUT2D eigenvalue weighted by Gasteiger charge is 2.18. The molecule has 0 amide bonds. The van der Waals surface area contributed by atoms with Gasteiger partial charge in [-0.25, -0.2) is 0 Å². The normalized spacial score (nSPS) is 15.1. The van der Waals surface area contributed by atoms with Crippen LogP contribution in [0, 0.1) is 0 Å². The van der Waals surface area contributed by atoms with Crippen LogP contribution in [0.5, 0.6) is 5.75 Å². The first kappa shape index (κ1) is 13.9. The molecule has 0 unspecified atom stereocenters. The highest BCUT2D eigenvalue weighted by molar-refractivity contribution is 9.10. The lowest BCUT2D eigenvalue weighted by Gasteiger charge is -2.18. The third-order valence-electron chi connectivity index (χ3n) is 3.75. The van der Waals surface area contributed by atoms with Crippen LogP contribution in [0.3, 0.4) is 0 Å². The Morgan fingerprint density at radius 2 is 2.06 bits per heavy atom. The number of fused-ring (bicyclic) bond motifs is 1. The van der Waals surface area contributed by atoms with E-state index in [2.05, 4.69) is 27.3 Å². The zero-order chi connectivity index (χ0) is 13.0. The standard InChI is InChI=1S/C15H22BrNO/c1-17-9-8-13-12-7-5-3-4-6-11(12)10-14(16)15(13)18-2/h10,17H,3-9H2,1-2H3. The minimum atomic E-state index is 0.999. The van der Waals surface area contributed by atoms with Crippen molar-refractivity contribution < 1.29 is 4.74 Å². The van der Waals surface area contributed by atoms with E-state index in [0.29, 0.717) is 0 Å². The van der Waals surface area contributed by atoms with Crippen molar-refractivity contribution in [3.63, 3.8) is 0 Å². The molecule has 0 radical (unpaired) electrons. The average Bonchev–Trinajstić information content (AvgIpc) is 2.60. The van der Waals surface area contributed by atoms with E-state index in [1.807, 2.05) is 7.05 Å². The van der Waals surface area contributed by atoms with Crippen LogP contribution in [-0.2, 0) is 19.3 Å². The number of ether oxygens (including phenoxy) is 1. The van der Waals surface area contributed by atoms with Gasteiger partial charge in [0.25, 0.3) is 0 Å². The molecule has 1 aliphatic rings. The van der Waals surface area contributed by atoms with Crippen LogP contribution >= 0.6 is 15.9 Å². The molecule has 0 aliphatic heterocycles. The van der Waals surface area contributed by atoms with Crippen molar-refractivity contribution in [2.75, 3.05) is 20.7 Å². The van der Waals surface area contributed by atoms with Crippen LogP contribution < -0.4 is 10.1 Å². The molecule has 2 nitrogen and oxygen atoms in total. The predicted molar refractivity (Wildman–Crippen MR) is 79.6 cm³/mol. The van der Waals surface area contributed by atoms with Gasteiger partial charge in [0.15, 0.2) is 0 Å². The maximum Gasteiger partial charge on any atom is 0.136 e. The summed E-state index contributed by atoms with van der Waals surface area (Å²) in [6.45, 7) is 0.999. The summed E-state index contributed by atoms with van der Waals surface area (Å²) in [5, 5.41) is 3.24. The highest BCUT2D eigenvalue weighted by atomic mass is 79.9. The summed E-state index contributed by atoms with van der Waals surface area (Å²) in [4.78, 5) is 0. The van der Waals surface area contributed by atoms with Gasteiger partial charge in [-0.15, -0.1) is 0 Å². The fourth-order valence-corrected chi connectivity index (χ4v) is 3.52. The summed E-state index contributed by atoms with van der Waals surface area (Å²) in [6, 6.07) is 2.27. The smallest absolute Gasteiger partial charge is 0.136 e. The van der Waals surface area contributed by atoms with Gasteiger partial charge in [-0.3, -0.25) is 0 Å². The number of hydrogen-bond donors (Lipinski definition) is 1. The first-order chi connectivity index (χ1) is 8.77. The zero-order valence-corrected chi connectivity index (χ0v) is 12.9. The van der Waals surface area contributed by atoms with Gasteiger partial charge in [-0.05, 0) is 78.8 Å². The van der Waals surface area contributed by atoms with E-state index >= 15 is 0 Å². The molecule has 0 atom stereocenters. The minimum absolute atomic E-state index is 0.999. The molecule has 0 heterocycles. The number of hydrogen-bond acceptors (Lipinski definition) is 2. The summed E-state index contributed by atoms with van der Waals surface area (Å²) < 4.78 is 6.71. The summed E-state index contributed by atoms with van der Waals surface area (Å²) in [5.74, 6) is 1.03. The zero-order valence-electron chi connectivity index (χ0n) is 11.3. The highest BCUT2D eigenvalue weighted by Crippen LogP contribution is 2.37. The first-order valence-corrected chi connectivity index (χ1v) is 7.59. The Hall–Kier alpha value is -0.540. The first-order valence-electron chi connectivity index (χ1n) is 6.79. The minimum Gasteiger partial charge on any atom is -0.495 e. The van der Waals surface area contributed by atoms with Gasteiger partial charge in [-0.1, -0.05) is 6.42 Å². The molecule has 100 valence electrons. The van der Waals surface area contributed by atoms with E-state index in [1.54, 1.807) is 12.7 Å². The lowest BCUT2D eigenvalue weighted by Crippen LogP contribution is -2.13. The number of likely N-dealkylation sites (N-methyl/N-ethyl adjacent to an activating group) is 1. The summed E-state index contributed by atoms with van der Waals surface area (Å²) in [6.07, 6.45) is 7.44. The SMILES string of the molecule is CNCCc1c2c(cc(Br)c1OC)CCCCC2. The average molecular weight is 312 g/mol. The number of nitrogens with one attached hydrogen (secondary N) is 1. The molecule has 1 aromatic carbocycles. The van der Waals surface area contributed by atoms with Crippen LogP contribution in [0.1, 0.15) is 36.0 Å². The Bertz CT molecular complexity index is 417. The second-order valence-corrected chi connectivity index (χ2v) is 5.78. The van der Waals surface area contributed by atoms with Gasteiger partial charge < -0.3 is 10.1 Å². The summed E-state index contributed by atoms with van der Waals surface area (Å²) in [5.41, 5.74) is 4.47. The molecular formula is C15H22BrNO. The Kier molecular flexibility index (Phi) is 5.07. The third kappa shape index (κ3) is 2.89. The van der Waals surface area contributed by atoms with Crippen molar-refractivity contribution in [3.05, 3.63) is 27.2 Å². The van der Waals surface area contributed by atoms with Crippen LogP contribution in [-0.4, -0.2) is 20.7 Å². The van der Waals surface area contributed by atoms with Crippen molar-refractivity contribution in [2.45, 2.75) is 38.5 Å². The Balaban J connectivity index is 2.46. The Labute approximate surface area is 118 Å². The van der Waals surface area contributed by atoms with Crippen molar-refractivity contribution in [1.82, 2.24) is 5.32 Å². The monoisotopic (exact) mass is 311 g/mol. The van der Waals surface area contributed by atoms with Gasteiger partial charge in [0.1, 0.15) is 5.75 Å². The number of rotatable bonds is 4. The molecule has 1 aliphatic carbocycles. The van der Waals surface area contributed by atoms with Crippen molar-refractivity contribution >= 4 is 15.9 Å². The molecule has 0 bridgehead atoms. The fourth-order valence-electron chi connectivity index (χ4n) is 2.84. The van der Waals surface area contributed by atoms with Gasteiger partial charge in [0.2, 0.25) is 0 Å². The van der Waals surface area contributed by atoms with Crippen LogP contribution in [0.2, 0.25) is 0 Å². The molecule has 2 rings (SSSR count). The van der Waals surface area contributed by atoms with E-state index in [4.69, 9.17) is 4.74 Å². The van der Waals surface area contributed by atoms with Crippen molar-refractivity contribution in [1.29, 1.82) is 0 Å². The number of halogens is 1. The molecule has 1 N–H and O–H groups in total. The van der Waals surface area contributed by atoms with E-state index in [0.717, 1.165) is 23.2 Å². The van der Waals surface area contributed by atoms with E-state index in [1.165, 1.54) is 43.2 Å². The van der Waals surface area contributed by atoms with Crippen LogP contribution in [0.15, 0.2) is 10.5 Å². The molecular weight excluding hydrogens is 290 g/mol. The molecule has 1 aromatic rings. The van der Waals surface area contributed by atoms with Crippen LogP contribution in [0.25, 0.3) is 0 Å². The fraction of sp³-hybridized carbons (Fsp3) is 0.600. The maximum absolute atomic E-state index is 5.61. The van der Waals surface area contributed by atoms with Gasteiger partial charge in [0, 0.05) is 5.56 Å². The second-order valence-electron chi connectivity index (χ2n) is 4.92. The van der Waals surface area contributed by atoms with Crippen LogP contribution in [0.4, 0.5) is 0 Å². The van der Waals surface area contributed by atoms with Crippen molar-refractivity contribution in [3.8, 4) is 5.75 Å². The predicted octanol–water partition coefficient (Wildman–Crippen LogP) is 3.49. The molecule has 0 fully saturated rings. The van der Waals surface area contributed by atoms with E-state index < -0.39 is 0 Å². The number of aryl methyl sites for hydroxylation is 1. The largest absolute Gasteiger partial charge is 0.495 e. The maximum atomic E-state index is 5.61. The summed E-state index contributed by atoms with van der Waals surface area (Å²) >= 11 is 3.66. The quantitative estimate of drug-likeness (QED) is 0.859. The lowest BCUT2D eigenvalue weighted by molar-refractivity contribution is 0.405. The number of benzene rings is 1. The second kappa shape index (κ2) is 6.58. The summed E-state index contributed by atoms with van der Waals surface area (Å²) in [7, 11) is 3.77. The van der Waals surface area contributed by atoms with Gasteiger partial charge >= 0.3 is 0 Å². The topological polar surface area (TPSA) is 21.3 Å². The molecule has 18 heavy (non-hydrogen) atoms. The Morgan fingerprint density at radius 1 is 1.28 bits per heavy atom.